The van der Waals surface area contributed by atoms with E-state index in [1.807, 2.05) is 6.92 Å². The van der Waals surface area contributed by atoms with E-state index < -0.39 is 5.60 Å². The Hall–Kier alpha value is -1.78. The fourth-order valence-electron chi connectivity index (χ4n) is 5.39. The van der Waals surface area contributed by atoms with Gasteiger partial charge in [-0.2, -0.15) is 0 Å². The van der Waals surface area contributed by atoms with E-state index in [4.69, 9.17) is 5.73 Å². The summed E-state index contributed by atoms with van der Waals surface area (Å²) in [5.74, 6) is 0.0159. The number of rotatable bonds is 7. The lowest BCUT2D eigenvalue weighted by molar-refractivity contribution is 0.00384. The number of nitrogens with zero attached hydrogens (tertiary/aromatic N) is 1. The van der Waals surface area contributed by atoms with E-state index in [1.165, 1.54) is 43.2 Å². The molecule has 0 aromatic heterocycles. The minimum absolute atomic E-state index is 0.0159. The van der Waals surface area contributed by atoms with Gasteiger partial charge in [0.25, 0.3) is 0 Å². The summed E-state index contributed by atoms with van der Waals surface area (Å²) in [5, 5.41) is 14.9. The fraction of sp³-hybridized carbons (Fsp3) is 0.615. The average molecular weight is 412 g/mol. The number of nitrogens with two attached hydrogens (primary N) is 1. The van der Waals surface area contributed by atoms with Gasteiger partial charge in [0, 0.05) is 30.6 Å². The first-order valence-corrected chi connectivity index (χ1v) is 11.7. The van der Waals surface area contributed by atoms with Crippen molar-refractivity contribution in [1.82, 2.24) is 10.2 Å². The predicted molar refractivity (Wildman–Crippen MR) is 126 cm³/mol. The van der Waals surface area contributed by atoms with Crippen molar-refractivity contribution in [1.29, 1.82) is 0 Å². The Morgan fingerprint density at radius 3 is 2.47 bits per heavy atom. The normalized spacial score (nSPS) is 26.7. The van der Waals surface area contributed by atoms with Gasteiger partial charge in [-0.25, -0.2) is 0 Å². The van der Waals surface area contributed by atoms with Crippen LogP contribution in [0.25, 0.3) is 0 Å². The molecule has 3 rings (SSSR count). The number of aryl methyl sites for hydroxylation is 1. The summed E-state index contributed by atoms with van der Waals surface area (Å²) in [4.78, 5) is 2.38. The van der Waals surface area contributed by atoms with Gasteiger partial charge in [0.15, 0.2) is 0 Å². The average Bonchev–Trinajstić information content (AvgIpc) is 2.69. The largest absolute Gasteiger partial charge is 0.400 e. The Balaban J connectivity index is 1.92. The van der Waals surface area contributed by atoms with Gasteiger partial charge in [-0.3, -0.25) is 5.32 Å². The first-order chi connectivity index (χ1) is 14.2. The maximum atomic E-state index is 11.0. The zero-order valence-electron chi connectivity index (χ0n) is 19.4. The van der Waals surface area contributed by atoms with Gasteiger partial charge in [0.1, 0.15) is 0 Å². The van der Waals surface area contributed by atoms with E-state index in [9.17, 15) is 5.11 Å². The molecular formula is C26H41N3O. The van der Waals surface area contributed by atoms with Gasteiger partial charge in [-0.05, 0) is 51.2 Å². The summed E-state index contributed by atoms with van der Waals surface area (Å²) in [6.45, 7) is 13.6. The Morgan fingerprint density at radius 2 is 1.87 bits per heavy atom. The zero-order chi connectivity index (χ0) is 21.9. The number of benzene rings is 1. The highest BCUT2D eigenvalue weighted by Crippen LogP contribution is 2.42. The molecule has 3 atom stereocenters. The molecule has 30 heavy (non-hydrogen) atoms. The van der Waals surface area contributed by atoms with Crippen LogP contribution in [0.5, 0.6) is 0 Å². The Labute approximate surface area is 183 Å². The molecule has 2 aliphatic rings. The third-order valence-corrected chi connectivity index (χ3v) is 7.05. The van der Waals surface area contributed by atoms with Crippen molar-refractivity contribution < 1.29 is 5.11 Å². The van der Waals surface area contributed by atoms with Crippen LogP contribution in [-0.2, 0) is 6.54 Å². The molecule has 1 aromatic rings. The predicted octanol–water partition coefficient (Wildman–Crippen LogP) is 4.97. The van der Waals surface area contributed by atoms with Crippen LogP contribution >= 0.6 is 0 Å². The van der Waals surface area contributed by atoms with Gasteiger partial charge >= 0.3 is 0 Å². The lowest BCUT2D eigenvalue weighted by Gasteiger charge is -2.45. The Kier molecular flexibility index (Phi) is 7.30. The van der Waals surface area contributed by atoms with E-state index in [1.54, 1.807) is 0 Å². The summed E-state index contributed by atoms with van der Waals surface area (Å²) in [6, 6.07) is 9.29. The molecule has 1 fully saturated rings. The van der Waals surface area contributed by atoms with E-state index >= 15 is 0 Å². The molecule has 166 valence electrons. The molecule has 2 aliphatic carbocycles. The van der Waals surface area contributed by atoms with Crippen LogP contribution in [0, 0.1) is 12.8 Å². The van der Waals surface area contributed by atoms with Gasteiger partial charge in [-0.15, -0.1) is 0 Å². The monoisotopic (exact) mass is 411 g/mol. The lowest BCUT2D eigenvalue weighted by Crippen LogP contribution is -2.51. The molecule has 1 aromatic carbocycles. The van der Waals surface area contributed by atoms with Crippen LogP contribution in [0.3, 0.4) is 0 Å². The molecule has 4 heteroatoms. The first-order valence-electron chi connectivity index (χ1n) is 11.7. The van der Waals surface area contributed by atoms with Crippen LogP contribution in [0.4, 0.5) is 0 Å². The molecule has 4 N–H and O–H groups in total. The third-order valence-electron chi connectivity index (χ3n) is 7.05. The molecule has 0 saturated heterocycles. The fourth-order valence-corrected chi connectivity index (χ4v) is 5.39. The Bertz CT molecular complexity index is 759. The zero-order valence-corrected chi connectivity index (χ0v) is 19.4. The van der Waals surface area contributed by atoms with Crippen molar-refractivity contribution in [2.24, 2.45) is 11.7 Å². The van der Waals surface area contributed by atoms with Gasteiger partial charge in [-0.1, -0.05) is 62.6 Å². The van der Waals surface area contributed by atoms with E-state index in [-0.39, 0.29) is 12.1 Å². The minimum atomic E-state index is -0.838. The second-order valence-electron chi connectivity index (χ2n) is 9.68. The van der Waals surface area contributed by atoms with Crippen LogP contribution in [0.15, 0.2) is 47.8 Å². The highest BCUT2D eigenvalue weighted by Gasteiger charge is 2.41. The topological polar surface area (TPSA) is 61.5 Å². The summed E-state index contributed by atoms with van der Waals surface area (Å²) in [5.41, 5.74) is 11.0. The highest BCUT2D eigenvalue weighted by molar-refractivity contribution is 5.40. The molecule has 0 bridgehead atoms. The van der Waals surface area contributed by atoms with Crippen LogP contribution in [0.1, 0.15) is 76.8 Å². The maximum absolute atomic E-state index is 11.0. The summed E-state index contributed by atoms with van der Waals surface area (Å²) < 4.78 is 0. The van der Waals surface area contributed by atoms with Gasteiger partial charge in [0.2, 0.25) is 0 Å². The van der Waals surface area contributed by atoms with Crippen molar-refractivity contribution in [2.45, 2.75) is 97.0 Å². The number of nitrogens with one attached hydrogen (secondary N) is 1. The Morgan fingerprint density at radius 1 is 1.23 bits per heavy atom. The summed E-state index contributed by atoms with van der Waals surface area (Å²) in [7, 11) is 0. The van der Waals surface area contributed by atoms with Crippen molar-refractivity contribution in [2.75, 3.05) is 0 Å². The second-order valence-corrected chi connectivity index (χ2v) is 9.68. The number of aliphatic hydroxyl groups is 1. The molecule has 0 heterocycles. The second kappa shape index (κ2) is 9.57. The maximum Gasteiger partial charge on any atom is 0.0773 e. The van der Waals surface area contributed by atoms with Crippen molar-refractivity contribution in [3.8, 4) is 0 Å². The summed E-state index contributed by atoms with van der Waals surface area (Å²) >= 11 is 0. The third kappa shape index (κ3) is 5.09. The van der Waals surface area contributed by atoms with E-state index in [0.717, 1.165) is 29.9 Å². The van der Waals surface area contributed by atoms with Gasteiger partial charge in [0.05, 0.1) is 17.5 Å². The quantitative estimate of drug-likeness (QED) is 0.554. The molecule has 0 radical (unpaired) electrons. The molecule has 4 nitrogen and oxygen atoms in total. The van der Waals surface area contributed by atoms with Gasteiger partial charge < -0.3 is 15.7 Å². The molecule has 1 saturated carbocycles. The first kappa shape index (κ1) is 22.9. The van der Waals surface area contributed by atoms with Crippen LogP contribution in [-0.4, -0.2) is 27.8 Å². The standard InChI is InChI=1S/C26H41N3O/c1-6-23-19(3)25(24(27)16-26(23,5)30)29(17-21-14-12-18(2)13-15-21)20(4)28-22-10-8-7-9-11-22/h12-15,20,22-23,28,30H,3,6-11,16-17,27H2,1-2,4-5H3. The van der Waals surface area contributed by atoms with E-state index in [0.29, 0.717) is 12.5 Å². The van der Waals surface area contributed by atoms with Crippen molar-refractivity contribution in [3.63, 3.8) is 0 Å². The molecule has 0 spiro atoms. The molecule has 0 aliphatic heterocycles. The minimum Gasteiger partial charge on any atom is -0.400 e. The van der Waals surface area contributed by atoms with Crippen molar-refractivity contribution in [3.05, 3.63) is 58.9 Å². The van der Waals surface area contributed by atoms with Crippen LogP contribution in [0.2, 0.25) is 0 Å². The van der Waals surface area contributed by atoms with E-state index in [2.05, 4.69) is 61.8 Å². The highest BCUT2D eigenvalue weighted by atomic mass is 16.3. The summed E-state index contributed by atoms with van der Waals surface area (Å²) in [6.07, 6.45) is 7.92. The molecule has 3 unspecified atom stereocenters. The SMILES string of the molecule is C=C1C(N(Cc2ccc(C)cc2)C(C)NC2CCCCC2)=C(N)CC(C)(O)C1CC. The smallest absolute Gasteiger partial charge is 0.0773 e. The molecular weight excluding hydrogens is 370 g/mol. The number of allylic oxidation sites excluding steroid dienone is 1. The number of hydrogen-bond acceptors (Lipinski definition) is 4. The van der Waals surface area contributed by atoms with Crippen LogP contribution < -0.4 is 11.1 Å². The number of hydrogen-bond donors (Lipinski definition) is 3. The van der Waals surface area contributed by atoms with Crippen molar-refractivity contribution >= 4 is 0 Å². The lowest BCUT2D eigenvalue weighted by atomic mass is 9.73. The molecule has 0 amide bonds.